The maximum absolute atomic E-state index is 8.54. The summed E-state index contributed by atoms with van der Waals surface area (Å²) in [6.07, 6.45) is 3.03. The third-order valence-electron chi connectivity index (χ3n) is 3.79. The molecule has 0 unspecified atom stereocenters. The lowest BCUT2D eigenvalue weighted by Gasteiger charge is -2.12. The molecule has 1 aromatic carbocycles. The van der Waals surface area contributed by atoms with Gasteiger partial charge >= 0.3 is 0 Å². The van der Waals surface area contributed by atoms with Crippen molar-refractivity contribution < 1.29 is 4.74 Å². The van der Waals surface area contributed by atoms with E-state index in [2.05, 4.69) is 39.0 Å². The van der Waals surface area contributed by atoms with Crippen LogP contribution in [0.25, 0.3) is 21.7 Å². The summed E-state index contributed by atoms with van der Waals surface area (Å²) in [5.41, 5.74) is 13.7. The predicted octanol–water partition coefficient (Wildman–Crippen LogP) is 4.16. The molecule has 108 valence electrons. The molecule has 0 spiro atoms. The molecule has 1 aliphatic rings. The fourth-order valence-electron chi connectivity index (χ4n) is 2.94. The van der Waals surface area contributed by atoms with Crippen molar-refractivity contribution in [2.75, 3.05) is 6.61 Å². The monoisotopic (exact) mass is 282 g/mol. The van der Waals surface area contributed by atoms with Crippen molar-refractivity contribution >= 4 is 0 Å². The van der Waals surface area contributed by atoms with Crippen LogP contribution >= 0.6 is 0 Å². The smallest absolute Gasteiger partial charge is 0.119 e. The maximum atomic E-state index is 8.54. The lowest BCUT2D eigenvalue weighted by Crippen LogP contribution is -2.09. The van der Waals surface area contributed by atoms with E-state index < -0.39 is 0 Å². The Kier molecular flexibility index (Phi) is 3.59. The zero-order chi connectivity index (χ0) is 14.8. The SMILES string of the molecule is CCOc1ccc2c(c1)-c1c(ccn1C[C@H](C)N=[N+]=[N-])C2. The van der Waals surface area contributed by atoms with Gasteiger partial charge in [0.25, 0.3) is 0 Å². The number of fused-ring (bicyclic) bond motifs is 3. The van der Waals surface area contributed by atoms with Crippen LogP contribution in [0.1, 0.15) is 25.0 Å². The van der Waals surface area contributed by atoms with Crippen molar-refractivity contribution in [3.63, 3.8) is 0 Å². The second-order valence-corrected chi connectivity index (χ2v) is 5.32. The molecule has 0 fully saturated rings. The largest absolute Gasteiger partial charge is 0.494 e. The number of rotatable bonds is 5. The molecule has 21 heavy (non-hydrogen) atoms. The van der Waals surface area contributed by atoms with E-state index in [-0.39, 0.29) is 6.04 Å². The molecule has 0 N–H and O–H groups in total. The highest BCUT2D eigenvalue weighted by atomic mass is 16.5. The van der Waals surface area contributed by atoms with Crippen LogP contribution in [0.2, 0.25) is 0 Å². The lowest BCUT2D eigenvalue weighted by molar-refractivity contribution is 0.340. The van der Waals surface area contributed by atoms with Crippen LogP contribution in [0.3, 0.4) is 0 Å². The Morgan fingerprint density at radius 1 is 1.38 bits per heavy atom. The van der Waals surface area contributed by atoms with Crippen LogP contribution in [0, 0.1) is 0 Å². The molecule has 0 amide bonds. The number of hydrogen-bond donors (Lipinski definition) is 0. The summed E-state index contributed by atoms with van der Waals surface area (Å²) in [5.74, 6) is 0.903. The molecule has 2 aromatic rings. The number of benzene rings is 1. The van der Waals surface area contributed by atoms with Crippen molar-refractivity contribution in [1.29, 1.82) is 0 Å². The highest BCUT2D eigenvalue weighted by Crippen LogP contribution is 2.39. The van der Waals surface area contributed by atoms with Crippen LogP contribution in [-0.4, -0.2) is 17.2 Å². The van der Waals surface area contributed by atoms with Gasteiger partial charge in [-0.25, -0.2) is 0 Å². The molecule has 1 atom stereocenters. The van der Waals surface area contributed by atoms with Gasteiger partial charge in [-0.2, -0.15) is 0 Å². The fraction of sp³-hybridized carbons (Fsp3) is 0.375. The van der Waals surface area contributed by atoms with Gasteiger partial charge in [-0.05, 0) is 41.8 Å². The fourth-order valence-corrected chi connectivity index (χ4v) is 2.94. The topological polar surface area (TPSA) is 62.9 Å². The molecule has 5 nitrogen and oxygen atoms in total. The molecular formula is C16H18N4O. The number of nitrogens with zero attached hydrogens (tertiary/aromatic N) is 4. The molecule has 1 aliphatic carbocycles. The number of azide groups is 1. The molecule has 5 heteroatoms. The summed E-state index contributed by atoms with van der Waals surface area (Å²) in [5, 5.41) is 3.76. The molecule has 0 saturated carbocycles. The minimum atomic E-state index is -0.0642. The molecule has 1 heterocycles. The van der Waals surface area contributed by atoms with Gasteiger partial charge in [-0.15, -0.1) is 0 Å². The summed E-state index contributed by atoms with van der Waals surface area (Å²) >= 11 is 0. The van der Waals surface area contributed by atoms with Gasteiger partial charge in [0, 0.05) is 29.6 Å². The molecule has 3 rings (SSSR count). The van der Waals surface area contributed by atoms with E-state index in [0.717, 1.165) is 12.2 Å². The van der Waals surface area contributed by atoms with E-state index in [1.807, 2.05) is 19.9 Å². The van der Waals surface area contributed by atoms with E-state index in [1.54, 1.807) is 0 Å². The zero-order valence-electron chi connectivity index (χ0n) is 12.3. The first-order chi connectivity index (χ1) is 10.2. The first-order valence-electron chi connectivity index (χ1n) is 7.21. The van der Waals surface area contributed by atoms with Crippen molar-refractivity contribution in [2.24, 2.45) is 5.11 Å². The molecule has 0 radical (unpaired) electrons. The van der Waals surface area contributed by atoms with Gasteiger partial charge in [0.1, 0.15) is 5.75 Å². The summed E-state index contributed by atoms with van der Waals surface area (Å²) < 4.78 is 7.78. The third kappa shape index (κ3) is 2.48. The quantitative estimate of drug-likeness (QED) is 0.394. The minimum absolute atomic E-state index is 0.0642. The van der Waals surface area contributed by atoms with Gasteiger partial charge in [0.15, 0.2) is 0 Å². The Balaban J connectivity index is 1.98. The first-order valence-corrected chi connectivity index (χ1v) is 7.21. The number of hydrogen-bond acceptors (Lipinski definition) is 2. The van der Waals surface area contributed by atoms with Gasteiger partial charge in [0.2, 0.25) is 0 Å². The Morgan fingerprint density at radius 3 is 3.00 bits per heavy atom. The lowest BCUT2D eigenvalue weighted by atomic mass is 10.1. The highest BCUT2D eigenvalue weighted by Gasteiger charge is 2.23. The van der Waals surface area contributed by atoms with E-state index in [9.17, 15) is 0 Å². The first kappa shape index (κ1) is 13.6. The van der Waals surface area contributed by atoms with Gasteiger partial charge in [0.05, 0.1) is 18.3 Å². The van der Waals surface area contributed by atoms with Crippen molar-refractivity contribution in [3.05, 3.63) is 52.0 Å². The Hall–Kier alpha value is -2.39. The van der Waals surface area contributed by atoms with E-state index in [1.165, 1.54) is 22.4 Å². The van der Waals surface area contributed by atoms with Gasteiger partial charge < -0.3 is 9.30 Å². The molecule has 0 aliphatic heterocycles. The van der Waals surface area contributed by atoms with E-state index in [4.69, 9.17) is 10.3 Å². The van der Waals surface area contributed by atoms with E-state index in [0.29, 0.717) is 13.2 Å². The zero-order valence-corrected chi connectivity index (χ0v) is 12.3. The normalized spacial score (nSPS) is 13.2. The van der Waals surface area contributed by atoms with Crippen LogP contribution in [0.5, 0.6) is 5.75 Å². The van der Waals surface area contributed by atoms with Crippen LogP contribution in [0.15, 0.2) is 35.6 Å². The highest BCUT2D eigenvalue weighted by molar-refractivity contribution is 5.75. The average molecular weight is 282 g/mol. The van der Waals surface area contributed by atoms with E-state index >= 15 is 0 Å². The Morgan fingerprint density at radius 2 is 2.24 bits per heavy atom. The molecule has 0 saturated heterocycles. The van der Waals surface area contributed by atoms with Crippen molar-refractivity contribution in [1.82, 2.24) is 4.57 Å². The Labute approximate surface area is 123 Å². The van der Waals surface area contributed by atoms with Gasteiger partial charge in [-0.3, -0.25) is 0 Å². The summed E-state index contributed by atoms with van der Waals surface area (Å²) in [6, 6.07) is 8.37. The summed E-state index contributed by atoms with van der Waals surface area (Å²) in [6.45, 7) is 5.28. The third-order valence-corrected chi connectivity index (χ3v) is 3.79. The van der Waals surface area contributed by atoms with Crippen molar-refractivity contribution in [3.8, 4) is 17.0 Å². The molecular weight excluding hydrogens is 264 g/mol. The predicted molar refractivity (Wildman–Crippen MR) is 82.5 cm³/mol. The molecule has 0 bridgehead atoms. The van der Waals surface area contributed by atoms with Gasteiger partial charge in [-0.1, -0.05) is 18.1 Å². The summed E-state index contributed by atoms with van der Waals surface area (Å²) in [7, 11) is 0. The van der Waals surface area contributed by atoms with Crippen LogP contribution in [0.4, 0.5) is 0 Å². The number of aromatic nitrogens is 1. The second kappa shape index (κ2) is 5.54. The second-order valence-electron chi connectivity index (χ2n) is 5.32. The minimum Gasteiger partial charge on any atom is -0.494 e. The average Bonchev–Trinajstić information content (AvgIpc) is 2.99. The molecule has 1 aromatic heterocycles. The number of ether oxygens (including phenoxy) is 1. The Bertz CT molecular complexity index is 713. The maximum Gasteiger partial charge on any atom is 0.119 e. The van der Waals surface area contributed by atoms with Crippen LogP contribution in [-0.2, 0) is 13.0 Å². The summed E-state index contributed by atoms with van der Waals surface area (Å²) in [4.78, 5) is 2.88. The standard InChI is InChI=1S/C16H18N4O/c1-3-21-14-5-4-12-8-13-6-7-20(10-11(2)18-19-17)16(13)15(12)9-14/h4-7,9,11H,3,8,10H2,1-2H3/t11-/m0/s1. The van der Waals surface area contributed by atoms with Crippen LogP contribution < -0.4 is 4.74 Å². The van der Waals surface area contributed by atoms with Crippen molar-refractivity contribution in [2.45, 2.75) is 32.9 Å².